The first-order chi connectivity index (χ1) is 15.1. The van der Waals surface area contributed by atoms with Crippen molar-refractivity contribution >= 4 is 33.6 Å². The van der Waals surface area contributed by atoms with Gasteiger partial charge >= 0.3 is 0 Å². The highest BCUT2D eigenvalue weighted by Gasteiger charge is 2.20. The number of nitrogens with zero attached hydrogens (tertiary/aromatic N) is 5. The van der Waals surface area contributed by atoms with Crippen LogP contribution >= 0.6 is 11.3 Å². The SMILES string of the molecule is CCc1nc2ccc(N3CCCCC3)cn2c1N(C)c1nc(-c2ccc(F)cc2)cs1. The van der Waals surface area contributed by atoms with Gasteiger partial charge in [0, 0.05) is 37.3 Å². The quantitative estimate of drug-likeness (QED) is 0.390. The van der Waals surface area contributed by atoms with Crippen molar-refractivity contribution in [1.82, 2.24) is 14.4 Å². The Kier molecular flexibility index (Phi) is 5.36. The summed E-state index contributed by atoms with van der Waals surface area (Å²) in [7, 11) is 2.05. The number of pyridine rings is 1. The van der Waals surface area contributed by atoms with Crippen molar-refractivity contribution in [1.29, 1.82) is 0 Å². The van der Waals surface area contributed by atoms with Gasteiger partial charge in [-0.25, -0.2) is 14.4 Å². The van der Waals surface area contributed by atoms with Crippen LogP contribution < -0.4 is 9.80 Å². The second-order valence-electron chi connectivity index (χ2n) is 7.98. The minimum atomic E-state index is -0.237. The van der Waals surface area contributed by atoms with Crippen LogP contribution in [0.5, 0.6) is 0 Å². The molecular weight excluding hydrogens is 409 g/mol. The van der Waals surface area contributed by atoms with E-state index < -0.39 is 0 Å². The summed E-state index contributed by atoms with van der Waals surface area (Å²) in [5.41, 5.74) is 5.02. The van der Waals surface area contributed by atoms with Gasteiger partial charge in [0.25, 0.3) is 0 Å². The highest BCUT2D eigenvalue weighted by atomic mass is 32.1. The summed E-state index contributed by atoms with van der Waals surface area (Å²) in [6, 6.07) is 10.8. The third-order valence-electron chi connectivity index (χ3n) is 5.94. The fraction of sp³-hybridized carbons (Fsp3) is 0.333. The molecule has 4 aromatic rings. The van der Waals surface area contributed by atoms with Crippen LogP contribution in [0.2, 0.25) is 0 Å². The lowest BCUT2D eigenvalue weighted by atomic mass is 10.1. The summed E-state index contributed by atoms with van der Waals surface area (Å²) >= 11 is 1.58. The van der Waals surface area contributed by atoms with E-state index >= 15 is 0 Å². The van der Waals surface area contributed by atoms with Crippen molar-refractivity contribution in [2.45, 2.75) is 32.6 Å². The lowest BCUT2D eigenvalue weighted by molar-refractivity contribution is 0.577. The fourth-order valence-corrected chi connectivity index (χ4v) is 5.06. The van der Waals surface area contributed by atoms with Gasteiger partial charge in [-0.15, -0.1) is 11.3 Å². The Hall–Kier alpha value is -2.93. The van der Waals surface area contributed by atoms with Crippen molar-refractivity contribution in [3.8, 4) is 11.3 Å². The average molecular weight is 436 g/mol. The topological polar surface area (TPSA) is 36.7 Å². The summed E-state index contributed by atoms with van der Waals surface area (Å²) in [4.78, 5) is 14.3. The van der Waals surface area contributed by atoms with E-state index in [1.165, 1.54) is 37.1 Å². The molecule has 3 aromatic heterocycles. The van der Waals surface area contributed by atoms with Crippen molar-refractivity contribution < 1.29 is 4.39 Å². The van der Waals surface area contributed by atoms with Crippen LogP contribution in [-0.4, -0.2) is 34.5 Å². The van der Waals surface area contributed by atoms with Crippen LogP contribution in [0.4, 0.5) is 21.0 Å². The molecule has 0 spiro atoms. The number of thiazole rings is 1. The second kappa shape index (κ2) is 8.30. The van der Waals surface area contributed by atoms with Gasteiger partial charge in [-0.3, -0.25) is 4.40 Å². The molecule has 7 heteroatoms. The van der Waals surface area contributed by atoms with Crippen LogP contribution in [0.3, 0.4) is 0 Å². The number of imidazole rings is 1. The average Bonchev–Trinajstić information content (AvgIpc) is 3.44. The standard InChI is InChI=1S/C24H26FN5S/c1-3-20-23(28(2)24-27-21(16-31-24)17-7-9-18(25)10-8-17)30-15-19(11-12-22(30)26-20)29-13-5-4-6-14-29/h7-12,15-16H,3-6,13-14H2,1-2H3. The minimum absolute atomic E-state index is 0.237. The minimum Gasteiger partial charge on any atom is -0.370 e. The second-order valence-corrected chi connectivity index (χ2v) is 8.82. The molecule has 1 aliphatic rings. The molecule has 160 valence electrons. The summed E-state index contributed by atoms with van der Waals surface area (Å²) < 4.78 is 15.5. The molecule has 1 aliphatic heterocycles. The maximum atomic E-state index is 13.3. The van der Waals surface area contributed by atoms with Crippen LogP contribution in [-0.2, 0) is 6.42 Å². The number of fused-ring (bicyclic) bond motifs is 1. The number of hydrogen-bond donors (Lipinski definition) is 0. The number of aromatic nitrogens is 3. The van der Waals surface area contributed by atoms with Gasteiger partial charge in [-0.2, -0.15) is 0 Å². The number of aryl methyl sites for hydroxylation is 1. The Labute approximate surface area is 185 Å². The summed E-state index contributed by atoms with van der Waals surface area (Å²) in [6.45, 7) is 4.36. The molecule has 5 rings (SSSR count). The first kappa shape index (κ1) is 20.0. The molecule has 1 saturated heterocycles. The Bertz CT molecular complexity index is 1190. The number of piperidine rings is 1. The molecule has 0 N–H and O–H groups in total. The van der Waals surface area contributed by atoms with Gasteiger partial charge < -0.3 is 9.80 Å². The van der Waals surface area contributed by atoms with E-state index in [0.29, 0.717) is 0 Å². The van der Waals surface area contributed by atoms with Gasteiger partial charge in [0.1, 0.15) is 17.3 Å². The molecule has 0 saturated carbocycles. The van der Waals surface area contributed by atoms with E-state index in [-0.39, 0.29) is 5.82 Å². The maximum Gasteiger partial charge on any atom is 0.191 e. The Morgan fingerprint density at radius 3 is 2.55 bits per heavy atom. The first-order valence-electron chi connectivity index (χ1n) is 10.8. The number of halogens is 1. The number of anilines is 3. The van der Waals surface area contributed by atoms with Crippen LogP contribution in [0, 0.1) is 5.82 Å². The first-order valence-corrected chi connectivity index (χ1v) is 11.7. The highest BCUT2D eigenvalue weighted by molar-refractivity contribution is 7.14. The van der Waals surface area contributed by atoms with E-state index in [4.69, 9.17) is 9.97 Å². The summed E-state index contributed by atoms with van der Waals surface area (Å²) in [5.74, 6) is 0.815. The molecule has 4 heterocycles. The van der Waals surface area contributed by atoms with Crippen LogP contribution in [0.25, 0.3) is 16.9 Å². The monoisotopic (exact) mass is 435 g/mol. The molecule has 5 nitrogen and oxygen atoms in total. The van der Waals surface area contributed by atoms with E-state index in [2.05, 4.69) is 39.5 Å². The smallest absolute Gasteiger partial charge is 0.191 e. The molecule has 0 unspecified atom stereocenters. The third-order valence-corrected chi connectivity index (χ3v) is 6.86. The van der Waals surface area contributed by atoms with E-state index in [9.17, 15) is 4.39 Å². The van der Waals surface area contributed by atoms with Crippen LogP contribution in [0.1, 0.15) is 31.9 Å². The van der Waals surface area contributed by atoms with E-state index in [0.717, 1.165) is 53.1 Å². The zero-order valence-electron chi connectivity index (χ0n) is 17.9. The number of benzene rings is 1. The van der Waals surface area contributed by atoms with Gasteiger partial charge in [-0.1, -0.05) is 6.92 Å². The van der Waals surface area contributed by atoms with E-state index in [1.54, 1.807) is 23.5 Å². The van der Waals surface area contributed by atoms with Gasteiger partial charge in [-0.05, 0) is 62.1 Å². The largest absolute Gasteiger partial charge is 0.370 e. The molecule has 0 atom stereocenters. The number of rotatable bonds is 5. The van der Waals surface area contributed by atoms with Crippen molar-refractivity contribution in [2.24, 2.45) is 0 Å². The molecule has 0 amide bonds. The van der Waals surface area contributed by atoms with Gasteiger partial charge in [0.15, 0.2) is 5.13 Å². The Morgan fingerprint density at radius 1 is 1.03 bits per heavy atom. The Morgan fingerprint density at radius 2 is 1.81 bits per heavy atom. The summed E-state index contributed by atoms with van der Waals surface area (Å²) in [6.07, 6.45) is 6.88. The molecule has 1 fully saturated rings. The normalized spacial score (nSPS) is 14.4. The lowest BCUT2D eigenvalue weighted by Gasteiger charge is -2.29. The zero-order chi connectivity index (χ0) is 21.4. The predicted molar refractivity (Wildman–Crippen MR) is 126 cm³/mol. The molecule has 1 aromatic carbocycles. The number of hydrogen-bond acceptors (Lipinski definition) is 5. The van der Waals surface area contributed by atoms with E-state index in [1.807, 2.05) is 12.4 Å². The maximum absolute atomic E-state index is 13.3. The molecule has 31 heavy (non-hydrogen) atoms. The third kappa shape index (κ3) is 3.78. The highest BCUT2D eigenvalue weighted by Crippen LogP contribution is 2.34. The van der Waals surface area contributed by atoms with Gasteiger partial charge in [0.2, 0.25) is 0 Å². The van der Waals surface area contributed by atoms with Crippen LogP contribution in [0.15, 0.2) is 48.0 Å². The van der Waals surface area contributed by atoms with Crippen molar-refractivity contribution in [2.75, 3.05) is 29.9 Å². The Balaban J connectivity index is 1.53. The molecular formula is C24H26FN5S. The predicted octanol–water partition coefficient (Wildman–Crippen LogP) is 5.92. The molecule has 0 radical (unpaired) electrons. The fourth-order valence-electron chi connectivity index (χ4n) is 4.26. The van der Waals surface area contributed by atoms with Crippen molar-refractivity contribution in [3.05, 3.63) is 59.5 Å². The summed E-state index contributed by atoms with van der Waals surface area (Å²) in [5, 5.41) is 2.91. The molecule has 0 bridgehead atoms. The zero-order valence-corrected chi connectivity index (χ0v) is 18.7. The lowest BCUT2D eigenvalue weighted by Crippen LogP contribution is -2.29. The van der Waals surface area contributed by atoms with Gasteiger partial charge in [0.05, 0.1) is 17.1 Å². The van der Waals surface area contributed by atoms with Crippen molar-refractivity contribution in [3.63, 3.8) is 0 Å². The molecule has 0 aliphatic carbocycles.